The molecule has 5 rings (SSSR count). The van der Waals surface area contributed by atoms with Gasteiger partial charge in [0.05, 0.1) is 39.1 Å². The van der Waals surface area contributed by atoms with Crippen molar-refractivity contribution in [2.24, 2.45) is 0 Å². The molecule has 218 valence electrons. The second-order valence-electron chi connectivity index (χ2n) is 10.5. The first-order valence-electron chi connectivity index (χ1n) is 14.6. The summed E-state index contributed by atoms with van der Waals surface area (Å²) >= 11 is 0. The molecule has 0 radical (unpaired) electrons. The van der Waals surface area contributed by atoms with Crippen LogP contribution in [0, 0.1) is 0 Å². The van der Waals surface area contributed by atoms with Crippen molar-refractivity contribution >= 4 is 0 Å². The zero-order chi connectivity index (χ0) is 28.8. The van der Waals surface area contributed by atoms with Gasteiger partial charge in [-0.25, -0.2) is 0 Å². The third kappa shape index (κ3) is 8.71. The molecule has 0 aromatic heterocycles. The number of hydrogen-bond donors (Lipinski definition) is 0. The Morgan fingerprint density at radius 2 is 0.881 bits per heavy atom. The Balaban J connectivity index is 1.40. The Morgan fingerprint density at radius 3 is 1.31 bits per heavy atom. The molecule has 5 heteroatoms. The molecule has 5 atom stereocenters. The molecule has 4 aromatic rings. The topological polar surface area (TPSA) is 46.2 Å². The van der Waals surface area contributed by atoms with Gasteiger partial charge in [0.1, 0.15) is 24.4 Å². The van der Waals surface area contributed by atoms with E-state index in [1.165, 1.54) is 0 Å². The minimum atomic E-state index is -0.425. The van der Waals surface area contributed by atoms with Gasteiger partial charge >= 0.3 is 0 Å². The first-order chi connectivity index (χ1) is 20.8. The molecular formula is C37H40O5. The number of ether oxygens (including phenoxy) is 5. The molecule has 5 nitrogen and oxygen atoms in total. The van der Waals surface area contributed by atoms with Crippen LogP contribution < -0.4 is 0 Å². The van der Waals surface area contributed by atoms with E-state index < -0.39 is 12.2 Å². The summed E-state index contributed by atoms with van der Waals surface area (Å²) in [6.07, 6.45) is 0.663. The first-order valence-corrected chi connectivity index (χ1v) is 14.6. The van der Waals surface area contributed by atoms with E-state index >= 15 is 0 Å². The number of benzene rings is 4. The van der Waals surface area contributed by atoms with Crippen molar-refractivity contribution in [2.45, 2.75) is 63.4 Å². The molecule has 4 aromatic carbocycles. The van der Waals surface area contributed by atoms with E-state index in [-0.39, 0.29) is 18.3 Å². The van der Waals surface area contributed by atoms with Gasteiger partial charge in [-0.05, 0) is 28.7 Å². The van der Waals surface area contributed by atoms with Crippen LogP contribution in [0.25, 0.3) is 0 Å². The van der Waals surface area contributed by atoms with E-state index in [1.807, 2.05) is 78.9 Å². The van der Waals surface area contributed by atoms with Crippen LogP contribution in [0.1, 0.15) is 28.7 Å². The Labute approximate surface area is 249 Å². The summed E-state index contributed by atoms with van der Waals surface area (Å²) in [5, 5.41) is 0. The second-order valence-corrected chi connectivity index (χ2v) is 10.5. The largest absolute Gasteiger partial charge is 0.374 e. The highest BCUT2D eigenvalue weighted by Crippen LogP contribution is 2.32. The normalized spacial score (nSPS) is 22.0. The van der Waals surface area contributed by atoms with E-state index in [1.54, 1.807) is 0 Å². The minimum Gasteiger partial charge on any atom is -0.374 e. The third-order valence-corrected chi connectivity index (χ3v) is 7.38. The van der Waals surface area contributed by atoms with Crippen molar-refractivity contribution in [3.8, 4) is 0 Å². The highest BCUT2D eigenvalue weighted by Gasteiger charge is 2.48. The van der Waals surface area contributed by atoms with Gasteiger partial charge < -0.3 is 23.7 Å². The smallest absolute Gasteiger partial charge is 0.115 e. The van der Waals surface area contributed by atoms with Crippen molar-refractivity contribution in [3.05, 3.63) is 156 Å². The number of rotatable bonds is 15. The average molecular weight is 565 g/mol. The van der Waals surface area contributed by atoms with Crippen LogP contribution in [-0.2, 0) is 50.1 Å². The van der Waals surface area contributed by atoms with Gasteiger partial charge in [-0.1, -0.05) is 127 Å². The van der Waals surface area contributed by atoms with Gasteiger partial charge in [-0.15, -0.1) is 6.58 Å². The zero-order valence-corrected chi connectivity index (χ0v) is 24.0. The Bertz CT molecular complexity index is 1300. The van der Waals surface area contributed by atoms with E-state index in [2.05, 4.69) is 55.1 Å². The molecule has 0 saturated carbocycles. The summed E-state index contributed by atoms with van der Waals surface area (Å²) in [5.74, 6) is 0. The van der Waals surface area contributed by atoms with Gasteiger partial charge in [-0.2, -0.15) is 0 Å². The average Bonchev–Trinajstić information content (AvgIpc) is 3.05. The molecule has 0 aliphatic carbocycles. The summed E-state index contributed by atoms with van der Waals surface area (Å²) in [6.45, 7) is 6.15. The lowest BCUT2D eigenvalue weighted by Gasteiger charge is -2.46. The van der Waals surface area contributed by atoms with Crippen molar-refractivity contribution in [1.29, 1.82) is 0 Å². The summed E-state index contributed by atoms with van der Waals surface area (Å²) < 4.78 is 32.9. The van der Waals surface area contributed by atoms with E-state index in [0.717, 1.165) is 22.3 Å². The first kappa shape index (κ1) is 29.9. The molecule has 0 N–H and O–H groups in total. The van der Waals surface area contributed by atoms with Crippen molar-refractivity contribution < 1.29 is 23.7 Å². The zero-order valence-electron chi connectivity index (χ0n) is 24.0. The minimum absolute atomic E-state index is 0.270. The molecule has 1 fully saturated rings. The highest BCUT2D eigenvalue weighted by molar-refractivity contribution is 5.16. The van der Waals surface area contributed by atoms with E-state index in [4.69, 9.17) is 23.7 Å². The molecule has 0 amide bonds. The van der Waals surface area contributed by atoms with E-state index in [0.29, 0.717) is 39.5 Å². The second kappa shape index (κ2) is 16.2. The molecule has 0 bridgehead atoms. The third-order valence-electron chi connectivity index (χ3n) is 7.38. The monoisotopic (exact) mass is 564 g/mol. The van der Waals surface area contributed by atoms with Crippen molar-refractivity contribution in [2.75, 3.05) is 6.61 Å². The van der Waals surface area contributed by atoms with Crippen LogP contribution in [-0.4, -0.2) is 37.1 Å². The van der Waals surface area contributed by atoms with Crippen molar-refractivity contribution in [1.82, 2.24) is 0 Å². The standard InChI is InChI=1S/C37H40O5/c1-2-15-33-35(39-25-30-18-9-4-10-19-30)37(41-27-32-22-13-6-14-23-32)36(40-26-31-20-11-5-12-21-31)34(42-33)28-38-24-29-16-7-3-8-17-29/h2-14,16-23,33-37H,1,15,24-28H2/t33-,34?,35?,36+,37-/m1/s1. The van der Waals surface area contributed by atoms with Crippen LogP contribution in [0.2, 0.25) is 0 Å². The predicted octanol–water partition coefficient (Wildman–Crippen LogP) is 7.30. The molecule has 1 heterocycles. The molecule has 0 spiro atoms. The van der Waals surface area contributed by atoms with Crippen molar-refractivity contribution in [3.63, 3.8) is 0 Å². The molecule has 1 aliphatic rings. The van der Waals surface area contributed by atoms with Crippen LogP contribution in [0.3, 0.4) is 0 Å². The SMILES string of the molecule is C=CC[C@H]1OC(COCc2ccccc2)[C@H](OCc2ccccc2)[C@H](OCc2ccccc2)C1OCc1ccccc1. The quantitative estimate of drug-likeness (QED) is 0.142. The molecule has 1 saturated heterocycles. The fourth-order valence-electron chi connectivity index (χ4n) is 5.24. The van der Waals surface area contributed by atoms with Crippen LogP contribution in [0.5, 0.6) is 0 Å². The van der Waals surface area contributed by atoms with Gasteiger partial charge in [0, 0.05) is 0 Å². The maximum Gasteiger partial charge on any atom is 0.115 e. The van der Waals surface area contributed by atoms with Gasteiger partial charge in [0.2, 0.25) is 0 Å². The van der Waals surface area contributed by atoms with Crippen LogP contribution in [0.15, 0.2) is 134 Å². The summed E-state index contributed by atoms with van der Waals surface area (Å²) in [7, 11) is 0. The fourth-order valence-corrected chi connectivity index (χ4v) is 5.24. The highest BCUT2D eigenvalue weighted by atomic mass is 16.6. The molecular weight excluding hydrogens is 524 g/mol. The Hall–Kier alpha value is -3.58. The molecule has 1 aliphatic heterocycles. The van der Waals surface area contributed by atoms with Gasteiger partial charge in [0.25, 0.3) is 0 Å². The number of hydrogen-bond acceptors (Lipinski definition) is 5. The summed E-state index contributed by atoms with van der Waals surface area (Å²) in [4.78, 5) is 0. The van der Waals surface area contributed by atoms with Crippen LogP contribution >= 0.6 is 0 Å². The summed E-state index contributed by atoms with van der Waals surface area (Å²) in [5.41, 5.74) is 4.37. The van der Waals surface area contributed by atoms with Gasteiger partial charge in [-0.3, -0.25) is 0 Å². The molecule has 42 heavy (non-hydrogen) atoms. The summed E-state index contributed by atoms with van der Waals surface area (Å²) in [6, 6.07) is 40.7. The van der Waals surface area contributed by atoms with Gasteiger partial charge in [0.15, 0.2) is 0 Å². The maximum absolute atomic E-state index is 6.72. The lowest BCUT2D eigenvalue weighted by Crippen LogP contribution is -2.61. The van der Waals surface area contributed by atoms with Crippen LogP contribution in [0.4, 0.5) is 0 Å². The lowest BCUT2D eigenvalue weighted by molar-refractivity contribution is -0.271. The molecule has 2 unspecified atom stereocenters. The lowest BCUT2D eigenvalue weighted by atomic mass is 9.92. The predicted molar refractivity (Wildman–Crippen MR) is 165 cm³/mol. The van der Waals surface area contributed by atoms with E-state index in [9.17, 15) is 0 Å². The Kier molecular flexibility index (Phi) is 11.5. The fraction of sp³-hybridized carbons (Fsp3) is 0.297. The maximum atomic E-state index is 6.72. The Morgan fingerprint density at radius 1 is 0.500 bits per heavy atom.